The van der Waals surface area contributed by atoms with Crippen molar-refractivity contribution in [3.63, 3.8) is 0 Å². The molecule has 3 amide bonds. The van der Waals surface area contributed by atoms with Crippen LogP contribution in [-0.4, -0.2) is 40.1 Å². The SMILES string of the molecule is CCCC1NC(=O)N(CCC(C)(C)O)C1=O. The number of hydrogen-bond acceptors (Lipinski definition) is 3. The van der Waals surface area contributed by atoms with Gasteiger partial charge in [-0.15, -0.1) is 0 Å². The van der Waals surface area contributed by atoms with E-state index in [4.69, 9.17) is 0 Å². The zero-order valence-corrected chi connectivity index (χ0v) is 10.1. The van der Waals surface area contributed by atoms with E-state index in [0.717, 1.165) is 6.42 Å². The Hall–Kier alpha value is -1.10. The Bertz CT molecular complexity index is 283. The van der Waals surface area contributed by atoms with Crippen molar-refractivity contribution in [2.24, 2.45) is 0 Å². The average Bonchev–Trinajstić information content (AvgIpc) is 2.39. The Labute approximate surface area is 95.8 Å². The number of nitrogens with one attached hydrogen (secondary N) is 1. The minimum atomic E-state index is -0.858. The molecule has 0 aliphatic carbocycles. The van der Waals surface area contributed by atoms with E-state index >= 15 is 0 Å². The van der Waals surface area contributed by atoms with Gasteiger partial charge in [0.25, 0.3) is 5.91 Å². The van der Waals surface area contributed by atoms with Crippen LogP contribution < -0.4 is 5.32 Å². The molecule has 1 atom stereocenters. The quantitative estimate of drug-likeness (QED) is 0.686. The van der Waals surface area contributed by atoms with Crippen molar-refractivity contribution in [3.8, 4) is 0 Å². The highest BCUT2D eigenvalue weighted by atomic mass is 16.3. The molecule has 1 fully saturated rings. The highest BCUT2D eigenvalue weighted by Gasteiger charge is 2.37. The third-order valence-electron chi connectivity index (χ3n) is 2.63. The molecule has 0 aromatic heterocycles. The molecule has 1 rings (SSSR count). The van der Waals surface area contributed by atoms with Crippen molar-refractivity contribution in [2.75, 3.05) is 6.54 Å². The fraction of sp³-hybridized carbons (Fsp3) is 0.818. The van der Waals surface area contributed by atoms with Gasteiger partial charge in [-0.05, 0) is 26.7 Å². The molecule has 0 aromatic rings. The van der Waals surface area contributed by atoms with E-state index in [1.807, 2.05) is 6.92 Å². The van der Waals surface area contributed by atoms with Crippen LogP contribution in [0.25, 0.3) is 0 Å². The van der Waals surface area contributed by atoms with Gasteiger partial charge >= 0.3 is 6.03 Å². The zero-order valence-electron chi connectivity index (χ0n) is 10.1. The number of imide groups is 1. The van der Waals surface area contributed by atoms with Crippen LogP contribution in [0.2, 0.25) is 0 Å². The average molecular weight is 228 g/mol. The van der Waals surface area contributed by atoms with Gasteiger partial charge in [0.05, 0.1) is 5.60 Å². The van der Waals surface area contributed by atoms with Crippen molar-refractivity contribution in [3.05, 3.63) is 0 Å². The van der Waals surface area contributed by atoms with E-state index in [-0.39, 0.29) is 24.5 Å². The smallest absolute Gasteiger partial charge is 0.324 e. The lowest BCUT2D eigenvalue weighted by Gasteiger charge is -2.20. The largest absolute Gasteiger partial charge is 0.390 e. The number of nitrogens with zero attached hydrogens (tertiary/aromatic N) is 1. The molecule has 1 unspecified atom stereocenters. The first-order chi connectivity index (χ1) is 7.35. The van der Waals surface area contributed by atoms with Crippen LogP contribution in [0.15, 0.2) is 0 Å². The summed E-state index contributed by atoms with van der Waals surface area (Å²) in [6.45, 7) is 5.57. The van der Waals surface area contributed by atoms with E-state index in [1.54, 1.807) is 13.8 Å². The van der Waals surface area contributed by atoms with Gasteiger partial charge in [0.2, 0.25) is 0 Å². The second kappa shape index (κ2) is 4.82. The van der Waals surface area contributed by atoms with Crippen LogP contribution in [0.5, 0.6) is 0 Å². The Kier molecular flexibility index (Phi) is 3.91. The van der Waals surface area contributed by atoms with Gasteiger partial charge in [0.15, 0.2) is 0 Å². The van der Waals surface area contributed by atoms with Gasteiger partial charge in [0, 0.05) is 6.54 Å². The first-order valence-corrected chi connectivity index (χ1v) is 5.69. The molecule has 0 aromatic carbocycles. The summed E-state index contributed by atoms with van der Waals surface area (Å²) in [4.78, 5) is 24.5. The summed E-state index contributed by atoms with van der Waals surface area (Å²) in [6.07, 6.45) is 1.92. The Balaban J connectivity index is 2.54. The lowest BCUT2D eigenvalue weighted by molar-refractivity contribution is -0.128. The summed E-state index contributed by atoms with van der Waals surface area (Å²) in [7, 11) is 0. The summed E-state index contributed by atoms with van der Waals surface area (Å²) in [5, 5.41) is 12.2. The number of hydrogen-bond donors (Lipinski definition) is 2. The molecule has 0 bridgehead atoms. The molecule has 0 radical (unpaired) electrons. The number of urea groups is 1. The standard InChI is InChI=1S/C11H20N2O3/c1-4-5-8-9(14)13(10(15)12-8)7-6-11(2,3)16/h8,16H,4-7H2,1-3H3,(H,12,15). The molecule has 0 saturated carbocycles. The molecule has 1 heterocycles. The molecule has 2 N–H and O–H groups in total. The second-order valence-corrected chi connectivity index (χ2v) is 4.84. The fourth-order valence-electron chi connectivity index (χ4n) is 1.66. The topological polar surface area (TPSA) is 69.6 Å². The molecule has 16 heavy (non-hydrogen) atoms. The van der Waals surface area contributed by atoms with Crippen LogP contribution in [0.3, 0.4) is 0 Å². The molecule has 0 spiro atoms. The van der Waals surface area contributed by atoms with Crippen LogP contribution in [-0.2, 0) is 4.79 Å². The third kappa shape index (κ3) is 3.20. The maximum absolute atomic E-state index is 11.8. The summed E-state index contributed by atoms with van der Waals surface area (Å²) in [5.74, 6) is -0.170. The molecule has 5 nitrogen and oxygen atoms in total. The van der Waals surface area contributed by atoms with Crippen LogP contribution in [0.1, 0.15) is 40.0 Å². The minimum absolute atomic E-state index is 0.170. The summed E-state index contributed by atoms with van der Waals surface area (Å²) in [6, 6.07) is -0.716. The fourth-order valence-corrected chi connectivity index (χ4v) is 1.66. The van der Waals surface area contributed by atoms with Crippen LogP contribution in [0.4, 0.5) is 4.79 Å². The second-order valence-electron chi connectivity index (χ2n) is 4.84. The number of rotatable bonds is 5. The summed E-state index contributed by atoms with van der Waals surface area (Å²) < 4.78 is 0. The number of carbonyl (C=O) groups is 2. The monoisotopic (exact) mass is 228 g/mol. The maximum Gasteiger partial charge on any atom is 0.324 e. The first-order valence-electron chi connectivity index (χ1n) is 5.69. The highest BCUT2D eigenvalue weighted by molar-refractivity contribution is 6.04. The van der Waals surface area contributed by atoms with E-state index < -0.39 is 5.60 Å². The number of aliphatic hydroxyl groups is 1. The van der Waals surface area contributed by atoms with Crippen LogP contribution in [0, 0.1) is 0 Å². The predicted molar refractivity (Wildman–Crippen MR) is 59.9 cm³/mol. The van der Waals surface area contributed by atoms with Crippen molar-refractivity contribution in [2.45, 2.75) is 51.7 Å². The number of carbonyl (C=O) groups excluding carboxylic acids is 2. The van der Waals surface area contributed by atoms with Crippen molar-refractivity contribution in [1.29, 1.82) is 0 Å². The maximum atomic E-state index is 11.8. The molecule has 1 saturated heterocycles. The Morgan fingerprint density at radius 2 is 2.06 bits per heavy atom. The van der Waals surface area contributed by atoms with Gasteiger partial charge < -0.3 is 10.4 Å². The van der Waals surface area contributed by atoms with Gasteiger partial charge in [-0.1, -0.05) is 13.3 Å². The summed E-state index contributed by atoms with van der Waals surface area (Å²) in [5.41, 5.74) is -0.858. The molecule has 1 aliphatic rings. The van der Waals surface area contributed by atoms with E-state index in [9.17, 15) is 14.7 Å². The van der Waals surface area contributed by atoms with Gasteiger partial charge in [-0.3, -0.25) is 9.69 Å². The molecule has 5 heteroatoms. The Morgan fingerprint density at radius 1 is 1.44 bits per heavy atom. The van der Waals surface area contributed by atoms with Gasteiger partial charge in [0.1, 0.15) is 6.04 Å². The third-order valence-corrected chi connectivity index (χ3v) is 2.63. The molecular formula is C11H20N2O3. The normalized spacial score (nSPS) is 21.5. The minimum Gasteiger partial charge on any atom is -0.390 e. The molecule has 92 valence electrons. The van der Waals surface area contributed by atoms with E-state index in [1.165, 1.54) is 4.90 Å². The number of amides is 3. The molecule has 1 aliphatic heterocycles. The first kappa shape index (κ1) is 13.0. The van der Waals surface area contributed by atoms with Crippen molar-refractivity contribution in [1.82, 2.24) is 10.2 Å². The van der Waals surface area contributed by atoms with Gasteiger partial charge in [-0.2, -0.15) is 0 Å². The van der Waals surface area contributed by atoms with Gasteiger partial charge in [-0.25, -0.2) is 4.79 Å². The molecular weight excluding hydrogens is 208 g/mol. The Morgan fingerprint density at radius 3 is 2.56 bits per heavy atom. The highest BCUT2D eigenvalue weighted by Crippen LogP contribution is 2.14. The van der Waals surface area contributed by atoms with E-state index in [2.05, 4.69) is 5.32 Å². The van der Waals surface area contributed by atoms with E-state index in [0.29, 0.717) is 12.8 Å². The summed E-state index contributed by atoms with van der Waals surface area (Å²) >= 11 is 0. The zero-order chi connectivity index (χ0) is 12.3. The lowest BCUT2D eigenvalue weighted by Crippen LogP contribution is -2.36. The van der Waals surface area contributed by atoms with Crippen molar-refractivity contribution >= 4 is 11.9 Å². The lowest BCUT2D eigenvalue weighted by atomic mass is 10.1. The predicted octanol–water partition coefficient (Wildman–Crippen LogP) is 0.868. The van der Waals surface area contributed by atoms with Crippen LogP contribution >= 0.6 is 0 Å². The van der Waals surface area contributed by atoms with Crippen molar-refractivity contribution < 1.29 is 14.7 Å².